The average Bonchev–Trinajstić information content (AvgIpc) is 3.30. The van der Waals surface area contributed by atoms with Gasteiger partial charge in [0.2, 0.25) is 15.9 Å². The third-order valence-corrected chi connectivity index (χ3v) is 5.67. The molecule has 2 aromatic rings. The number of fused-ring (bicyclic) bond motifs is 1. The topological polar surface area (TPSA) is 134 Å². The Morgan fingerprint density at radius 1 is 1.21 bits per heavy atom. The molecule has 1 unspecified atom stereocenters. The second-order valence-electron chi connectivity index (χ2n) is 7.40. The highest BCUT2D eigenvalue weighted by molar-refractivity contribution is 7.92. The van der Waals surface area contributed by atoms with Gasteiger partial charge in [-0.2, -0.15) is 0 Å². The number of sulfonamides is 1. The molecule has 2 aromatic carbocycles. The molecule has 0 amide bonds. The van der Waals surface area contributed by atoms with E-state index in [2.05, 4.69) is 10.2 Å². The fourth-order valence-corrected chi connectivity index (χ4v) is 4.13. The Kier molecular flexibility index (Phi) is 5.83. The Balaban J connectivity index is 1.62. The summed E-state index contributed by atoms with van der Waals surface area (Å²) >= 11 is 0. The van der Waals surface area contributed by atoms with E-state index < -0.39 is 28.0 Å². The molecule has 11 heteroatoms. The minimum Gasteiger partial charge on any atom is -0.478 e. The second-order valence-corrected chi connectivity index (χ2v) is 9.15. The van der Waals surface area contributed by atoms with Gasteiger partial charge in [0.05, 0.1) is 28.8 Å². The van der Waals surface area contributed by atoms with Crippen molar-refractivity contribution in [3.8, 4) is 5.75 Å². The molecule has 3 N–H and O–H groups in total. The molecule has 172 valence electrons. The van der Waals surface area contributed by atoms with E-state index in [1.807, 2.05) is 11.8 Å². The molecule has 10 nitrogen and oxygen atoms in total. The molecule has 1 saturated heterocycles. The molecule has 2 heterocycles. The van der Waals surface area contributed by atoms with Crippen LogP contribution in [0.15, 0.2) is 66.1 Å². The number of aromatic carboxylic acids is 1. The molecule has 1 fully saturated rings. The fraction of sp³-hybridized carbons (Fsp3) is 0.182. The summed E-state index contributed by atoms with van der Waals surface area (Å²) < 4.78 is 31.4. The van der Waals surface area contributed by atoms with E-state index in [1.165, 1.54) is 12.1 Å². The lowest BCUT2D eigenvalue weighted by Gasteiger charge is -2.16. The predicted octanol–water partition coefficient (Wildman–Crippen LogP) is 2.55. The standard InChI is InChI=1S/C22H21N3O7S/c1-3-25-17-12-15(24-33(2,29)30)8-10-18(17)31-19(25)11-9-16-20(23-32-22(16)28)13-4-6-14(7-5-13)21(26)27/h4-12,20,23-24H,3H2,1-2H3,(H,26,27)/b16-9-,19-11?. The van der Waals surface area contributed by atoms with Gasteiger partial charge < -0.3 is 19.6 Å². The van der Waals surface area contributed by atoms with Crippen molar-refractivity contribution in [2.75, 3.05) is 22.4 Å². The van der Waals surface area contributed by atoms with Gasteiger partial charge in [0, 0.05) is 6.54 Å². The highest BCUT2D eigenvalue weighted by Gasteiger charge is 2.32. The summed E-state index contributed by atoms with van der Waals surface area (Å²) in [5, 5.41) is 9.07. The van der Waals surface area contributed by atoms with Gasteiger partial charge in [0.15, 0.2) is 5.75 Å². The Morgan fingerprint density at radius 2 is 1.94 bits per heavy atom. The van der Waals surface area contributed by atoms with Gasteiger partial charge in [-0.3, -0.25) is 4.72 Å². The van der Waals surface area contributed by atoms with Gasteiger partial charge in [-0.25, -0.2) is 18.0 Å². The third kappa shape index (κ3) is 4.69. The number of carbonyl (C=O) groups excluding carboxylic acids is 1. The number of nitrogens with one attached hydrogen (secondary N) is 2. The third-order valence-electron chi connectivity index (χ3n) is 5.06. The van der Waals surface area contributed by atoms with E-state index in [4.69, 9.17) is 14.7 Å². The zero-order valence-electron chi connectivity index (χ0n) is 17.7. The van der Waals surface area contributed by atoms with Crippen molar-refractivity contribution >= 4 is 33.3 Å². The second kappa shape index (κ2) is 8.60. The van der Waals surface area contributed by atoms with Crippen LogP contribution in [0.1, 0.15) is 28.9 Å². The molecule has 0 aromatic heterocycles. The first kappa shape index (κ1) is 22.4. The summed E-state index contributed by atoms with van der Waals surface area (Å²) in [6, 6.07) is 10.5. The lowest BCUT2D eigenvalue weighted by Crippen LogP contribution is -2.19. The number of rotatable bonds is 6. The monoisotopic (exact) mass is 471 g/mol. The molecule has 0 bridgehead atoms. The summed E-state index contributed by atoms with van der Waals surface area (Å²) in [6.45, 7) is 2.45. The van der Waals surface area contributed by atoms with Crippen LogP contribution in [0.4, 0.5) is 11.4 Å². The number of nitrogens with zero attached hydrogens (tertiary/aromatic N) is 1. The molecular formula is C22H21N3O7S. The number of anilines is 2. The Morgan fingerprint density at radius 3 is 2.58 bits per heavy atom. The molecular weight excluding hydrogens is 450 g/mol. The van der Waals surface area contributed by atoms with Gasteiger partial charge in [-0.1, -0.05) is 12.1 Å². The number of hydrogen-bond acceptors (Lipinski definition) is 8. The normalized spacial score (nSPS) is 20.0. The van der Waals surface area contributed by atoms with Crippen LogP contribution in [0.25, 0.3) is 0 Å². The summed E-state index contributed by atoms with van der Waals surface area (Å²) in [5.41, 5.74) is 4.87. The Bertz CT molecular complexity index is 1280. The zero-order chi connectivity index (χ0) is 23.8. The smallest absolute Gasteiger partial charge is 0.354 e. The highest BCUT2D eigenvalue weighted by Crippen LogP contribution is 2.41. The molecule has 0 radical (unpaired) electrons. The first-order valence-corrected chi connectivity index (χ1v) is 11.8. The molecule has 1 atom stereocenters. The van der Waals surface area contributed by atoms with Crippen molar-refractivity contribution in [2.24, 2.45) is 0 Å². The summed E-state index contributed by atoms with van der Waals surface area (Å²) in [7, 11) is -3.42. The Labute approximate surface area is 190 Å². The number of benzene rings is 2. The molecule has 2 aliphatic heterocycles. The van der Waals surface area contributed by atoms with Crippen LogP contribution in [-0.4, -0.2) is 38.3 Å². The number of hydrogen-bond donors (Lipinski definition) is 3. The summed E-state index contributed by atoms with van der Waals surface area (Å²) in [5.74, 6) is -0.594. The van der Waals surface area contributed by atoms with Crippen LogP contribution in [0.2, 0.25) is 0 Å². The fourth-order valence-electron chi connectivity index (χ4n) is 3.57. The maximum atomic E-state index is 12.3. The molecule has 0 saturated carbocycles. The predicted molar refractivity (Wildman–Crippen MR) is 120 cm³/mol. The first-order chi connectivity index (χ1) is 15.7. The number of hydroxylamine groups is 1. The highest BCUT2D eigenvalue weighted by atomic mass is 32.2. The van der Waals surface area contributed by atoms with Crippen molar-refractivity contribution in [1.29, 1.82) is 0 Å². The van der Waals surface area contributed by atoms with Gasteiger partial charge in [0.1, 0.15) is 6.04 Å². The van der Waals surface area contributed by atoms with Gasteiger partial charge >= 0.3 is 11.9 Å². The van der Waals surface area contributed by atoms with Crippen molar-refractivity contribution in [3.05, 3.63) is 77.2 Å². The maximum absolute atomic E-state index is 12.3. The zero-order valence-corrected chi connectivity index (χ0v) is 18.5. The molecule has 0 spiro atoms. The van der Waals surface area contributed by atoms with E-state index in [0.29, 0.717) is 40.7 Å². The van der Waals surface area contributed by atoms with Crippen molar-refractivity contribution in [2.45, 2.75) is 13.0 Å². The van der Waals surface area contributed by atoms with Crippen molar-refractivity contribution < 1.29 is 32.7 Å². The first-order valence-electron chi connectivity index (χ1n) is 9.95. The SMILES string of the molecule is CCN1C(=C/C=C2\C(=O)ONC2c2ccc(C(=O)O)cc2)Oc2ccc(NS(C)(=O)=O)cc21. The van der Waals surface area contributed by atoms with E-state index in [1.54, 1.807) is 42.5 Å². The molecule has 2 aliphatic rings. The van der Waals surface area contributed by atoms with Crippen molar-refractivity contribution in [3.63, 3.8) is 0 Å². The molecule has 33 heavy (non-hydrogen) atoms. The number of ether oxygens (including phenoxy) is 1. The van der Waals surface area contributed by atoms with Crippen LogP contribution in [-0.2, 0) is 19.7 Å². The van der Waals surface area contributed by atoms with Crippen LogP contribution < -0.4 is 19.8 Å². The van der Waals surface area contributed by atoms with Crippen LogP contribution in [0.3, 0.4) is 0 Å². The lowest BCUT2D eigenvalue weighted by atomic mass is 9.98. The van der Waals surface area contributed by atoms with Crippen LogP contribution in [0.5, 0.6) is 5.75 Å². The van der Waals surface area contributed by atoms with Gasteiger partial charge in [0.25, 0.3) is 0 Å². The summed E-state index contributed by atoms with van der Waals surface area (Å²) in [6.07, 6.45) is 4.29. The van der Waals surface area contributed by atoms with Crippen molar-refractivity contribution in [1.82, 2.24) is 5.48 Å². The average molecular weight is 471 g/mol. The number of carbonyl (C=O) groups is 2. The Hall–Kier alpha value is -3.83. The molecule has 0 aliphatic carbocycles. The van der Waals surface area contributed by atoms with Crippen LogP contribution in [0, 0.1) is 0 Å². The minimum atomic E-state index is -3.42. The largest absolute Gasteiger partial charge is 0.478 e. The maximum Gasteiger partial charge on any atom is 0.354 e. The van der Waals surface area contributed by atoms with Gasteiger partial charge in [-0.05, 0) is 55.0 Å². The lowest BCUT2D eigenvalue weighted by molar-refractivity contribution is -0.140. The minimum absolute atomic E-state index is 0.136. The number of carboxylic acid groups (broad SMARTS) is 1. The van der Waals surface area contributed by atoms with E-state index in [0.717, 1.165) is 6.26 Å². The summed E-state index contributed by atoms with van der Waals surface area (Å²) in [4.78, 5) is 30.2. The quantitative estimate of drug-likeness (QED) is 0.543. The van der Waals surface area contributed by atoms with E-state index in [-0.39, 0.29) is 5.56 Å². The van der Waals surface area contributed by atoms with Crippen LogP contribution >= 0.6 is 0 Å². The molecule has 4 rings (SSSR count). The number of allylic oxidation sites excluding steroid dienone is 2. The van der Waals surface area contributed by atoms with E-state index in [9.17, 15) is 18.0 Å². The van der Waals surface area contributed by atoms with E-state index >= 15 is 0 Å². The number of carboxylic acids is 1. The van der Waals surface area contributed by atoms with Gasteiger partial charge in [-0.15, -0.1) is 5.48 Å².